The second kappa shape index (κ2) is 5.85. The average Bonchev–Trinajstić information content (AvgIpc) is 2.62. The first kappa shape index (κ1) is 13.4. The second-order valence-electron chi connectivity index (χ2n) is 5.18. The molecule has 0 fully saturated rings. The van der Waals surface area contributed by atoms with Crippen LogP contribution in [0.5, 0.6) is 0 Å². The van der Waals surface area contributed by atoms with Gasteiger partial charge < -0.3 is 0 Å². The molecule has 0 aliphatic rings. The molecule has 0 saturated heterocycles. The number of rotatable bonds is 3. The Morgan fingerprint density at radius 3 is 2.43 bits per heavy atom. The Kier molecular flexibility index (Phi) is 3.41. The zero-order valence-electron chi connectivity index (χ0n) is 12.3. The Labute approximate surface area is 133 Å². The van der Waals surface area contributed by atoms with Gasteiger partial charge in [-0.05, 0) is 24.3 Å². The highest BCUT2D eigenvalue weighted by Gasteiger charge is 2.03. The first-order chi connectivity index (χ1) is 11.4. The summed E-state index contributed by atoms with van der Waals surface area (Å²) in [4.78, 5) is 9.14. The normalized spacial score (nSPS) is 11.3. The lowest BCUT2D eigenvalue weighted by Crippen LogP contribution is -1.94. The van der Waals surface area contributed by atoms with Gasteiger partial charge >= 0.3 is 0 Å². The molecule has 0 spiro atoms. The predicted octanol–water partition coefficient (Wildman–Crippen LogP) is 4.23. The largest absolute Gasteiger partial charge is 0.278 e. The maximum absolute atomic E-state index is 4.68. The molecule has 0 saturated carbocycles. The molecule has 0 unspecified atom stereocenters. The van der Waals surface area contributed by atoms with E-state index in [0.29, 0.717) is 0 Å². The second-order valence-corrected chi connectivity index (χ2v) is 5.18. The molecule has 0 radical (unpaired) electrons. The SMILES string of the molecule is C(=N\Nc1ccccc1)/c1ccc2ccc3cccnc3c2n1. The standard InChI is InChI=1S/C19H14N4/c1-2-6-16(7-3-1)23-21-13-17-11-10-15-9-8-14-5-4-12-20-18(14)19(15)22-17/h1-13,23H/b21-13+. The van der Waals surface area contributed by atoms with E-state index in [4.69, 9.17) is 0 Å². The van der Waals surface area contributed by atoms with Crippen LogP contribution in [0.4, 0.5) is 5.69 Å². The van der Waals surface area contributed by atoms with E-state index in [9.17, 15) is 0 Å². The molecule has 2 aromatic carbocycles. The highest BCUT2D eigenvalue weighted by Crippen LogP contribution is 2.21. The van der Waals surface area contributed by atoms with Gasteiger partial charge in [0.1, 0.15) is 0 Å². The smallest absolute Gasteiger partial charge is 0.0972 e. The van der Waals surface area contributed by atoms with Gasteiger partial charge in [-0.2, -0.15) is 5.10 Å². The summed E-state index contributed by atoms with van der Waals surface area (Å²) in [6, 6.07) is 21.9. The fourth-order valence-corrected chi connectivity index (χ4v) is 2.50. The van der Waals surface area contributed by atoms with Crippen molar-refractivity contribution in [2.75, 3.05) is 5.43 Å². The van der Waals surface area contributed by atoms with Crippen LogP contribution in [-0.2, 0) is 0 Å². The maximum Gasteiger partial charge on any atom is 0.0972 e. The number of nitrogens with one attached hydrogen (secondary N) is 1. The Bertz CT molecular complexity index is 994. The van der Waals surface area contributed by atoms with Crippen LogP contribution in [-0.4, -0.2) is 16.2 Å². The molecule has 4 rings (SSSR count). The molecule has 0 atom stereocenters. The summed E-state index contributed by atoms with van der Waals surface area (Å²) >= 11 is 0. The number of benzene rings is 2. The minimum atomic E-state index is 0.791. The number of aromatic nitrogens is 2. The highest BCUT2D eigenvalue weighted by atomic mass is 15.3. The Morgan fingerprint density at radius 1 is 0.783 bits per heavy atom. The van der Waals surface area contributed by atoms with Crippen molar-refractivity contribution < 1.29 is 0 Å². The Balaban J connectivity index is 1.69. The summed E-state index contributed by atoms with van der Waals surface area (Å²) < 4.78 is 0. The third-order valence-electron chi connectivity index (χ3n) is 3.62. The van der Waals surface area contributed by atoms with E-state index < -0.39 is 0 Å². The Hall–Kier alpha value is -3.27. The Morgan fingerprint density at radius 2 is 1.57 bits per heavy atom. The van der Waals surface area contributed by atoms with Crippen LogP contribution in [0, 0.1) is 0 Å². The molecule has 110 valence electrons. The van der Waals surface area contributed by atoms with Gasteiger partial charge in [-0.1, -0.05) is 42.5 Å². The maximum atomic E-state index is 4.68. The number of hydrogen-bond donors (Lipinski definition) is 1. The minimum absolute atomic E-state index is 0.791. The topological polar surface area (TPSA) is 50.2 Å². The van der Waals surface area contributed by atoms with Crippen molar-refractivity contribution in [3.05, 3.63) is 78.6 Å². The van der Waals surface area contributed by atoms with Crippen LogP contribution in [0.1, 0.15) is 5.69 Å². The van der Waals surface area contributed by atoms with E-state index in [1.807, 2.05) is 54.6 Å². The fourth-order valence-electron chi connectivity index (χ4n) is 2.50. The summed E-state index contributed by atoms with van der Waals surface area (Å²) in [7, 11) is 0. The lowest BCUT2D eigenvalue weighted by molar-refractivity contribution is 1.31. The lowest BCUT2D eigenvalue weighted by Gasteiger charge is -2.03. The van der Waals surface area contributed by atoms with E-state index in [1.54, 1.807) is 12.4 Å². The molecule has 1 N–H and O–H groups in total. The van der Waals surface area contributed by atoms with Crippen LogP contribution in [0.2, 0.25) is 0 Å². The zero-order valence-corrected chi connectivity index (χ0v) is 12.3. The molecule has 2 aromatic heterocycles. The van der Waals surface area contributed by atoms with Crippen molar-refractivity contribution in [3.8, 4) is 0 Å². The zero-order chi connectivity index (χ0) is 15.5. The third kappa shape index (κ3) is 2.74. The van der Waals surface area contributed by atoms with Crippen LogP contribution in [0.25, 0.3) is 21.8 Å². The molecule has 4 nitrogen and oxygen atoms in total. The van der Waals surface area contributed by atoms with E-state index in [-0.39, 0.29) is 0 Å². The number of pyridine rings is 2. The molecule has 0 aliphatic carbocycles. The van der Waals surface area contributed by atoms with Crippen molar-refractivity contribution in [2.45, 2.75) is 0 Å². The van der Waals surface area contributed by atoms with Crippen LogP contribution in [0.3, 0.4) is 0 Å². The van der Waals surface area contributed by atoms with Crippen molar-refractivity contribution in [2.24, 2.45) is 5.10 Å². The highest BCUT2D eigenvalue weighted by molar-refractivity contribution is 6.03. The molecule has 4 aromatic rings. The molecular formula is C19H14N4. The van der Waals surface area contributed by atoms with Gasteiger partial charge in [0, 0.05) is 17.0 Å². The summed E-state index contributed by atoms with van der Waals surface area (Å²) in [6.07, 6.45) is 3.51. The summed E-state index contributed by atoms with van der Waals surface area (Å²) in [5, 5.41) is 6.40. The minimum Gasteiger partial charge on any atom is -0.278 e. The van der Waals surface area contributed by atoms with Gasteiger partial charge in [0.05, 0.1) is 28.6 Å². The molecular weight excluding hydrogens is 284 g/mol. The van der Waals surface area contributed by atoms with Crippen LogP contribution < -0.4 is 5.43 Å². The monoisotopic (exact) mass is 298 g/mol. The lowest BCUT2D eigenvalue weighted by atomic mass is 10.1. The van der Waals surface area contributed by atoms with Gasteiger partial charge in [0.25, 0.3) is 0 Å². The first-order valence-corrected chi connectivity index (χ1v) is 7.39. The van der Waals surface area contributed by atoms with E-state index in [2.05, 4.69) is 32.6 Å². The average molecular weight is 298 g/mol. The van der Waals surface area contributed by atoms with E-state index >= 15 is 0 Å². The predicted molar refractivity (Wildman–Crippen MR) is 94.7 cm³/mol. The van der Waals surface area contributed by atoms with Crippen molar-refractivity contribution in [3.63, 3.8) is 0 Å². The van der Waals surface area contributed by atoms with Crippen molar-refractivity contribution >= 4 is 33.7 Å². The number of nitrogens with zero attached hydrogens (tertiary/aromatic N) is 3. The number of fused-ring (bicyclic) bond motifs is 3. The molecule has 0 aliphatic heterocycles. The van der Waals surface area contributed by atoms with Gasteiger partial charge in [-0.25, -0.2) is 4.98 Å². The van der Waals surface area contributed by atoms with Crippen LogP contribution in [0.15, 0.2) is 78.0 Å². The quantitative estimate of drug-likeness (QED) is 0.350. The van der Waals surface area contributed by atoms with E-state index in [1.165, 1.54) is 0 Å². The molecule has 0 amide bonds. The van der Waals surface area contributed by atoms with Gasteiger partial charge in [0.15, 0.2) is 0 Å². The number of anilines is 1. The van der Waals surface area contributed by atoms with Gasteiger partial charge in [-0.3, -0.25) is 10.4 Å². The van der Waals surface area contributed by atoms with Crippen molar-refractivity contribution in [1.82, 2.24) is 9.97 Å². The van der Waals surface area contributed by atoms with Crippen molar-refractivity contribution in [1.29, 1.82) is 0 Å². The fraction of sp³-hybridized carbons (Fsp3) is 0. The molecule has 4 heteroatoms. The third-order valence-corrected chi connectivity index (χ3v) is 3.62. The molecule has 0 bridgehead atoms. The number of para-hydroxylation sites is 1. The van der Waals surface area contributed by atoms with Crippen LogP contribution >= 0.6 is 0 Å². The first-order valence-electron chi connectivity index (χ1n) is 7.39. The molecule has 2 heterocycles. The summed E-state index contributed by atoms with van der Waals surface area (Å²) in [5.74, 6) is 0. The molecule has 23 heavy (non-hydrogen) atoms. The van der Waals surface area contributed by atoms with E-state index in [0.717, 1.165) is 33.2 Å². The van der Waals surface area contributed by atoms with Gasteiger partial charge in [0.2, 0.25) is 0 Å². The summed E-state index contributed by atoms with van der Waals surface area (Å²) in [6.45, 7) is 0. The summed E-state index contributed by atoms with van der Waals surface area (Å²) in [5.41, 5.74) is 6.53. The number of hydrazone groups is 1. The van der Waals surface area contributed by atoms with Gasteiger partial charge in [-0.15, -0.1) is 0 Å². The number of hydrogen-bond acceptors (Lipinski definition) is 4.